The molecule has 2 nitrogen and oxygen atoms in total. The van der Waals surface area contributed by atoms with Crippen molar-refractivity contribution in [3.63, 3.8) is 0 Å². The van der Waals surface area contributed by atoms with Crippen molar-refractivity contribution in [1.29, 1.82) is 0 Å². The first-order valence-electron chi connectivity index (χ1n) is 7.67. The summed E-state index contributed by atoms with van der Waals surface area (Å²) in [7, 11) is 0. The summed E-state index contributed by atoms with van der Waals surface area (Å²) in [6, 6.07) is 7.35. The van der Waals surface area contributed by atoms with E-state index in [0.29, 0.717) is 6.04 Å². The predicted octanol–water partition coefficient (Wildman–Crippen LogP) is 4.19. The molecule has 2 rings (SSSR count). The van der Waals surface area contributed by atoms with Crippen molar-refractivity contribution in [2.45, 2.75) is 59.3 Å². The van der Waals surface area contributed by atoms with Crippen LogP contribution in [0, 0.1) is 5.92 Å². The van der Waals surface area contributed by atoms with E-state index in [0.717, 1.165) is 25.7 Å². The summed E-state index contributed by atoms with van der Waals surface area (Å²) < 4.78 is 5.51. The van der Waals surface area contributed by atoms with E-state index in [4.69, 9.17) is 4.74 Å². The molecule has 106 valence electrons. The molecule has 19 heavy (non-hydrogen) atoms. The fraction of sp³-hybridized carbons (Fsp3) is 0.647. The Hall–Kier alpha value is -0.860. The van der Waals surface area contributed by atoms with Crippen molar-refractivity contribution in [3.05, 3.63) is 34.9 Å². The van der Waals surface area contributed by atoms with E-state index >= 15 is 0 Å². The zero-order chi connectivity index (χ0) is 13.7. The number of rotatable bonds is 7. The zero-order valence-electron chi connectivity index (χ0n) is 12.5. The lowest BCUT2D eigenvalue weighted by atomic mass is 9.91. The first-order chi connectivity index (χ1) is 9.24. The summed E-state index contributed by atoms with van der Waals surface area (Å²) in [5.74, 6) is 0.776. The number of ether oxygens (including phenoxy) is 1. The molecule has 1 aliphatic rings. The topological polar surface area (TPSA) is 21.3 Å². The molecule has 1 heterocycles. The Balaban J connectivity index is 2.09. The monoisotopic (exact) mass is 261 g/mol. The van der Waals surface area contributed by atoms with Gasteiger partial charge in [0.1, 0.15) is 0 Å². The van der Waals surface area contributed by atoms with E-state index < -0.39 is 0 Å². The van der Waals surface area contributed by atoms with E-state index in [9.17, 15) is 0 Å². The fourth-order valence-electron chi connectivity index (χ4n) is 3.01. The first kappa shape index (κ1) is 14.5. The lowest BCUT2D eigenvalue weighted by Crippen LogP contribution is -2.23. The van der Waals surface area contributed by atoms with Gasteiger partial charge in [0.15, 0.2) is 0 Å². The van der Waals surface area contributed by atoms with Crippen LogP contribution in [-0.4, -0.2) is 6.54 Å². The van der Waals surface area contributed by atoms with Crippen molar-refractivity contribution in [1.82, 2.24) is 5.32 Å². The molecule has 0 radical (unpaired) electrons. The maximum Gasteiger partial charge on any atom is 0.0725 e. The van der Waals surface area contributed by atoms with Crippen molar-refractivity contribution in [3.8, 4) is 0 Å². The van der Waals surface area contributed by atoms with Crippen LogP contribution in [-0.2, 0) is 18.0 Å². The van der Waals surface area contributed by atoms with E-state index in [-0.39, 0.29) is 0 Å². The van der Waals surface area contributed by atoms with Crippen molar-refractivity contribution >= 4 is 0 Å². The van der Waals surface area contributed by atoms with Crippen LogP contribution in [0.3, 0.4) is 0 Å². The van der Waals surface area contributed by atoms with Gasteiger partial charge in [-0.2, -0.15) is 0 Å². The third-order valence-electron chi connectivity index (χ3n) is 4.02. The molecule has 0 saturated carbocycles. The third-order valence-corrected chi connectivity index (χ3v) is 4.02. The van der Waals surface area contributed by atoms with Crippen molar-refractivity contribution in [2.75, 3.05) is 6.54 Å². The number of hydrogen-bond acceptors (Lipinski definition) is 2. The van der Waals surface area contributed by atoms with Gasteiger partial charge in [-0.25, -0.2) is 0 Å². The lowest BCUT2D eigenvalue weighted by molar-refractivity contribution is 0.134. The molecule has 1 aromatic carbocycles. The molecule has 0 spiro atoms. The number of nitrogens with one attached hydrogen (secondary N) is 1. The standard InChI is InChI=1S/C17H27NO/c1-4-6-13(3)9-17(18-5-2)14-7-8-15-11-19-12-16(15)10-14/h7-8,10,13,17-18H,4-6,9,11-12H2,1-3H3. The largest absolute Gasteiger partial charge is 0.372 e. The van der Waals surface area contributed by atoms with E-state index in [1.807, 2.05) is 0 Å². The first-order valence-corrected chi connectivity index (χ1v) is 7.67. The van der Waals surface area contributed by atoms with E-state index in [2.05, 4.69) is 44.3 Å². The molecule has 0 bridgehead atoms. The summed E-state index contributed by atoms with van der Waals surface area (Å²) in [5.41, 5.74) is 4.17. The number of hydrogen-bond donors (Lipinski definition) is 1. The van der Waals surface area contributed by atoms with Gasteiger partial charge >= 0.3 is 0 Å². The Labute approximate surface area is 117 Å². The molecule has 0 aromatic heterocycles. The Morgan fingerprint density at radius 3 is 2.74 bits per heavy atom. The molecule has 1 N–H and O–H groups in total. The quantitative estimate of drug-likeness (QED) is 0.794. The van der Waals surface area contributed by atoms with Gasteiger partial charge in [-0.3, -0.25) is 0 Å². The van der Waals surface area contributed by atoms with Gasteiger partial charge in [0.2, 0.25) is 0 Å². The molecule has 2 heteroatoms. The van der Waals surface area contributed by atoms with Crippen LogP contribution in [0.15, 0.2) is 18.2 Å². The fourth-order valence-corrected chi connectivity index (χ4v) is 3.01. The highest BCUT2D eigenvalue weighted by molar-refractivity contribution is 5.34. The minimum absolute atomic E-state index is 0.484. The summed E-state index contributed by atoms with van der Waals surface area (Å²) in [4.78, 5) is 0. The average molecular weight is 261 g/mol. The SMILES string of the molecule is CCCC(C)CC(NCC)c1ccc2c(c1)COC2. The maximum atomic E-state index is 5.51. The van der Waals surface area contributed by atoms with Crippen molar-refractivity contribution in [2.24, 2.45) is 5.92 Å². The molecular weight excluding hydrogens is 234 g/mol. The van der Waals surface area contributed by atoms with Gasteiger partial charge in [0.05, 0.1) is 13.2 Å². The highest BCUT2D eigenvalue weighted by Gasteiger charge is 2.17. The minimum Gasteiger partial charge on any atom is -0.372 e. The van der Waals surface area contributed by atoms with Gasteiger partial charge < -0.3 is 10.1 Å². The molecule has 0 fully saturated rings. The van der Waals surface area contributed by atoms with Crippen LogP contribution < -0.4 is 5.32 Å². The zero-order valence-corrected chi connectivity index (χ0v) is 12.5. The van der Waals surface area contributed by atoms with Gasteiger partial charge in [0.25, 0.3) is 0 Å². The van der Waals surface area contributed by atoms with Crippen molar-refractivity contribution < 1.29 is 4.74 Å². The smallest absolute Gasteiger partial charge is 0.0725 e. The molecule has 0 amide bonds. The maximum absolute atomic E-state index is 5.51. The summed E-state index contributed by atoms with van der Waals surface area (Å²) in [5, 5.41) is 3.64. The molecule has 2 atom stereocenters. The van der Waals surface area contributed by atoms with Crippen LogP contribution in [0.5, 0.6) is 0 Å². The minimum atomic E-state index is 0.484. The van der Waals surface area contributed by atoms with Crippen LogP contribution in [0.2, 0.25) is 0 Å². The predicted molar refractivity (Wildman–Crippen MR) is 80.0 cm³/mol. The lowest BCUT2D eigenvalue weighted by Gasteiger charge is -2.22. The number of fused-ring (bicyclic) bond motifs is 1. The number of benzene rings is 1. The summed E-state index contributed by atoms with van der Waals surface area (Å²) in [6.07, 6.45) is 3.81. The van der Waals surface area contributed by atoms with Gasteiger partial charge in [-0.15, -0.1) is 0 Å². The van der Waals surface area contributed by atoms with Crippen LogP contribution in [0.25, 0.3) is 0 Å². The molecule has 0 saturated heterocycles. The van der Waals surface area contributed by atoms with E-state index in [1.165, 1.54) is 36.0 Å². The van der Waals surface area contributed by atoms with Crippen LogP contribution in [0.4, 0.5) is 0 Å². The molecule has 1 aromatic rings. The molecule has 1 aliphatic heterocycles. The second-order valence-electron chi connectivity index (χ2n) is 5.76. The second-order valence-corrected chi connectivity index (χ2v) is 5.76. The van der Waals surface area contributed by atoms with Gasteiger partial charge in [0, 0.05) is 6.04 Å². The Kier molecular flexibility index (Phi) is 5.41. The molecule has 0 aliphatic carbocycles. The third kappa shape index (κ3) is 3.80. The second kappa shape index (κ2) is 7.06. The Morgan fingerprint density at radius 2 is 2.00 bits per heavy atom. The molecular formula is C17H27NO. The molecule has 2 unspecified atom stereocenters. The normalized spacial score (nSPS) is 17.2. The van der Waals surface area contributed by atoms with Gasteiger partial charge in [-0.05, 0) is 35.6 Å². The van der Waals surface area contributed by atoms with Gasteiger partial charge in [-0.1, -0.05) is 51.8 Å². The summed E-state index contributed by atoms with van der Waals surface area (Å²) in [6.45, 7) is 9.42. The highest BCUT2D eigenvalue weighted by atomic mass is 16.5. The van der Waals surface area contributed by atoms with Crippen LogP contribution >= 0.6 is 0 Å². The Bertz CT molecular complexity index is 402. The highest BCUT2D eigenvalue weighted by Crippen LogP contribution is 2.28. The Morgan fingerprint density at radius 1 is 1.21 bits per heavy atom. The van der Waals surface area contributed by atoms with Crippen LogP contribution in [0.1, 0.15) is 62.8 Å². The average Bonchev–Trinajstić information content (AvgIpc) is 2.85. The van der Waals surface area contributed by atoms with E-state index in [1.54, 1.807) is 0 Å². The summed E-state index contributed by atoms with van der Waals surface area (Å²) >= 11 is 0.